The minimum Gasteiger partial charge on any atom is -0.410 e. The highest BCUT2D eigenvalue weighted by Crippen LogP contribution is 2.27. The van der Waals surface area contributed by atoms with E-state index in [-0.39, 0.29) is 11.3 Å². The highest BCUT2D eigenvalue weighted by Gasteiger charge is 2.23. The maximum atomic E-state index is 12.5. The number of rotatable bonds is 5. The number of H-pyrrole nitrogens is 1. The number of benzene rings is 1. The molecule has 1 amide bonds. The Bertz CT molecular complexity index is 912. The molecule has 8 nitrogen and oxygen atoms in total. The fourth-order valence-corrected chi connectivity index (χ4v) is 3.51. The fourth-order valence-electron chi connectivity index (χ4n) is 3.20. The predicted octanol–water partition coefficient (Wildman–Crippen LogP) is 2.54. The van der Waals surface area contributed by atoms with E-state index in [2.05, 4.69) is 37.5 Å². The zero-order valence-electron chi connectivity index (χ0n) is 15.8. The molecular formula is C20H22N6O2S. The van der Waals surface area contributed by atoms with E-state index in [0.717, 1.165) is 36.7 Å². The number of thiol groups is 1. The van der Waals surface area contributed by atoms with Gasteiger partial charge in [-0.2, -0.15) is 12.6 Å². The molecule has 3 heterocycles. The van der Waals surface area contributed by atoms with Crippen molar-refractivity contribution in [2.75, 3.05) is 26.2 Å². The molecular weight excluding hydrogens is 388 g/mol. The molecule has 1 fully saturated rings. The summed E-state index contributed by atoms with van der Waals surface area (Å²) in [4.78, 5) is 31.9. The van der Waals surface area contributed by atoms with Crippen molar-refractivity contribution < 1.29 is 9.53 Å². The van der Waals surface area contributed by atoms with Gasteiger partial charge in [0.2, 0.25) is 0 Å². The molecule has 3 aromatic rings. The van der Waals surface area contributed by atoms with Gasteiger partial charge in [0.05, 0.1) is 10.9 Å². The number of imidazole rings is 1. The van der Waals surface area contributed by atoms with Crippen LogP contribution in [0.5, 0.6) is 5.75 Å². The van der Waals surface area contributed by atoms with Gasteiger partial charge in [0.1, 0.15) is 17.9 Å². The molecule has 0 radical (unpaired) electrons. The van der Waals surface area contributed by atoms with E-state index in [1.165, 1.54) is 0 Å². The van der Waals surface area contributed by atoms with E-state index in [9.17, 15) is 4.79 Å². The van der Waals surface area contributed by atoms with Gasteiger partial charge in [-0.3, -0.25) is 4.90 Å². The summed E-state index contributed by atoms with van der Waals surface area (Å²) in [6.45, 7) is 3.57. The van der Waals surface area contributed by atoms with Crippen LogP contribution in [0, 0.1) is 0 Å². The normalized spacial score (nSPS) is 15.8. The molecule has 1 aliphatic heterocycles. The minimum absolute atomic E-state index is 0.155. The molecule has 150 valence electrons. The Labute approximate surface area is 174 Å². The van der Waals surface area contributed by atoms with Crippen LogP contribution in [0.1, 0.15) is 22.3 Å². The summed E-state index contributed by atoms with van der Waals surface area (Å²) in [7, 11) is 0. The van der Waals surface area contributed by atoms with Gasteiger partial charge >= 0.3 is 6.09 Å². The third kappa shape index (κ3) is 4.93. The van der Waals surface area contributed by atoms with Crippen molar-refractivity contribution in [2.24, 2.45) is 0 Å². The lowest BCUT2D eigenvalue weighted by molar-refractivity contribution is 0.107. The first-order valence-corrected chi connectivity index (χ1v) is 9.92. The number of hydrogen-bond acceptors (Lipinski definition) is 7. The summed E-state index contributed by atoms with van der Waals surface area (Å²) in [6.07, 6.45) is 6.43. The van der Waals surface area contributed by atoms with Crippen molar-refractivity contribution in [1.29, 1.82) is 0 Å². The Hall–Kier alpha value is -2.91. The van der Waals surface area contributed by atoms with Gasteiger partial charge in [0, 0.05) is 51.3 Å². The van der Waals surface area contributed by atoms with Crippen LogP contribution in [0.15, 0.2) is 55.2 Å². The van der Waals surface area contributed by atoms with Crippen LogP contribution in [0.4, 0.5) is 4.79 Å². The Morgan fingerprint density at radius 2 is 1.90 bits per heavy atom. The standard InChI is InChI=1S/C20H22N6O2S/c27-20(26-11-9-25(10-12-26)13-16-5-6-21-14-24-16)28-17-3-1-15(2-4-17)18(29)19-22-7-8-23-19/h1-8,14,18,29H,9-13H2,(H,22,23). The third-order valence-corrected chi connectivity index (χ3v) is 5.38. The van der Waals surface area contributed by atoms with Gasteiger partial charge in [0.15, 0.2) is 0 Å². The maximum absolute atomic E-state index is 12.5. The summed E-state index contributed by atoms with van der Waals surface area (Å²) < 4.78 is 5.53. The van der Waals surface area contributed by atoms with Gasteiger partial charge in [0.25, 0.3) is 0 Å². The highest BCUT2D eigenvalue weighted by atomic mass is 32.1. The van der Waals surface area contributed by atoms with E-state index in [4.69, 9.17) is 4.74 Å². The minimum atomic E-state index is -0.326. The van der Waals surface area contributed by atoms with Gasteiger partial charge < -0.3 is 14.6 Å². The fraction of sp³-hybridized carbons (Fsp3) is 0.300. The van der Waals surface area contributed by atoms with E-state index in [0.29, 0.717) is 18.8 Å². The highest BCUT2D eigenvalue weighted by molar-refractivity contribution is 7.80. The Morgan fingerprint density at radius 3 is 2.55 bits per heavy atom. The van der Waals surface area contributed by atoms with Crippen LogP contribution in [0.3, 0.4) is 0 Å². The van der Waals surface area contributed by atoms with E-state index >= 15 is 0 Å². The average Bonchev–Trinajstić information content (AvgIpc) is 3.30. The molecule has 29 heavy (non-hydrogen) atoms. The second-order valence-corrected chi connectivity index (χ2v) is 7.29. The molecule has 0 saturated carbocycles. The van der Waals surface area contributed by atoms with Gasteiger partial charge in [-0.1, -0.05) is 12.1 Å². The van der Waals surface area contributed by atoms with Crippen molar-refractivity contribution in [3.05, 3.63) is 72.3 Å². The average molecular weight is 411 g/mol. The molecule has 1 atom stereocenters. The number of aromatic amines is 1. The Balaban J connectivity index is 1.27. The summed E-state index contributed by atoms with van der Waals surface area (Å²) in [6, 6.07) is 9.26. The van der Waals surface area contributed by atoms with Gasteiger partial charge in [-0.15, -0.1) is 0 Å². The number of nitrogens with zero attached hydrogens (tertiary/aromatic N) is 5. The molecule has 1 N–H and O–H groups in total. The quantitative estimate of drug-likeness (QED) is 0.629. The van der Waals surface area contributed by atoms with E-state index in [1.54, 1.807) is 42.0 Å². The number of amides is 1. The topological polar surface area (TPSA) is 87.2 Å². The molecule has 1 aromatic carbocycles. The van der Waals surface area contributed by atoms with E-state index in [1.807, 2.05) is 18.2 Å². The van der Waals surface area contributed by atoms with Crippen LogP contribution in [0.25, 0.3) is 0 Å². The number of ether oxygens (including phenoxy) is 1. The van der Waals surface area contributed by atoms with E-state index < -0.39 is 0 Å². The maximum Gasteiger partial charge on any atom is 0.415 e. The first-order valence-electron chi connectivity index (χ1n) is 9.40. The first-order chi connectivity index (χ1) is 14.2. The zero-order valence-corrected chi connectivity index (χ0v) is 16.7. The summed E-state index contributed by atoms with van der Waals surface area (Å²) in [5, 5.41) is -0.155. The Morgan fingerprint density at radius 1 is 1.10 bits per heavy atom. The summed E-state index contributed by atoms with van der Waals surface area (Å²) in [5.41, 5.74) is 1.95. The first kappa shape index (κ1) is 19.4. The molecule has 1 unspecified atom stereocenters. The van der Waals surface area contributed by atoms with Crippen LogP contribution in [-0.2, 0) is 6.54 Å². The van der Waals surface area contributed by atoms with Crippen molar-refractivity contribution in [3.63, 3.8) is 0 Å². The van der Waals surface area contributed by atoms with Crippen LogP contribution >= 0.6 is 12.6 Å². The number of carbonyl (C=O) groups is 1. The van der Waals surface area contributed by atoms with Crippen LogP contribution < -0.4 is 4.74 Å². The summed E-state index contributed by atoms with van der Waals surface area (Å²) >= 11 is 4.58. The number of aromatic nitrogens is 4. The molecule has 4 rings (SSSR count). The van der Waals surface area contributed by atoms with Crippen molar-refractivity contribution in [1.82, 2.24) is 29.7 Å². The number of piperazine rings is 1. The van der Waals surface area contributed by atoms with Crippen molar-refractivity contribution in [3.8, 4) is 5.75 Å². The molecule has 0 bridgehead atoms. The summed E-state index contributed by atoms with van der Waals surface area (Å²) in [5.74, 6) is 1.29. The number of nitrogens with one attached hydrogen (secondary N) is 1. The lowest BCUT2D eigenvalue weighted by atomic mass is 10.1. The molecule has 0 spiro atoms. The SMILES string of the molecule is O=C(Oc1ccc(C(S)c2ncc[nH]2)cc1)N1CCN(Cc2ccncn2)CC1. The van der Waals surface area contributed by atoms with Gasteiger partial charge in [-0.25, -0.2) is 19.7 Å². The van der Waals surface area contributed by atoms with Crippen LogP contribution in [0.2, 0.25) is 0 Å². The number of hydrogen-bond donors (Lipinski definition) is 2. The van der Waals surface area contributed by atoms with Crippen LogP contribution in [-0.4, -0.2) is 62.0 Å². The third-order valence-electron chi connectivity index (χ3n) is 4.84. The monoisotopic (exact) mass is 410 g/mol. The molecule has 9 heteroatoms. The van der Waals surface area contributed by atoms with Crippen molar-refractivity contribution in [2.45, 2.75) is 11.8 Å². The lowest BCUT2D eigenvalue weighted by Crippen LogP contribution is -2.49. The van der Waals surface area contributed by atoms with Gasteiger partial charge in [-0.05, 0) is 23.8 Å². The zero-order chi connectivity index (χ0) is 20.1. The largest absolute Gasteiger partial charge is 0.415 e. The smallest absolute Gasteiger partial charge is 0.410 e. The number of carbonyl (C=O) groups excluding carboxylic acids is 1. The predicted molar refractivity (Wildman–Crippen MR) is 111 cm³/mol. The van der Waals surface area contributed by atoms with Crippen molar-refractivity contribution >= 4 is 18.7 Å². The second kappa shape index (κ2) is 9.06. The lowest BCUT2D eigenvalue weighted by Gasteiger charge is -2.33. The Kier molecular flexibility index (Phi) is 6.06. The second-order valence-electron chi connectivity index (χ2n) is 6.78. The molecule has 2 aromatic heterocycles. The molecule has 1 saturated heterocycles. The molecule has 0 aliphatic carbocycles. The molecule has 1 aliphatic rings.